The Morgan fingerprint density at radius 1 is 1.20 bits per heavy atom. The molecule has 1 aliphatic rings. The molecule has 20 heavy (non-hydrogen) atoms. The molecule has 2 nitrogen and oxygen atoms in total. The molecule has 0 spiro atoms. The maximum atomic E-state index is 6.04. The van der Waals surface area contributed by atoms with Gasteiger partial charge in [0.2, 0.25) is 0 Å². The van der Waals surface area contributed by atoms with Crippen molar-refractivity contribution in [1.82, 2.24) is 0 Å². The first-order valence-electron chi connectivity index (χ1n) is 6.79. The Morgan fingerprint density at radius 2 is 2.00 bits per heavy atom. The zero-order chi connectivity index (χ0) is 14.3. The van der Waals surface area contributed by atoms with E-state index >= 15 is 0 Å². The third-order valence-electron chi connectivity index (χ3n) is 3.66. The largest absolute Gasteiger partial charge is 0.487 e. The number of ether oxygens (including phenoxy) is 1. The summed E-state index contributed by atoms with van der Waals surface area (Å²) in [6.45, 7) is 4.70. The molecule has 0 bridgehead atoms. The number of nitrogens with two attached hydrogens (primary N) is 1. The van der Waals surface area contributed by atoms with Crippen molar-refractivity contribution in [1.29, 1.82) is 0 Å². The summed E-state index contributed by atoms with van der Waals surface area (Å²) in [6.07, 6.45) is 0.932. The monoisotopic (exact) mass is 287 g/mol. The molecule has 0 unspecified atom stereocenters. The fourth-order valence-corrected chi connectivity index (χ4v) is 2.98. The Morgan fingerprint density at radius 3 is 2.75 bits per heavy atom. The van der Waals surface area contributed by atoms with Gasteiger partial charge in [0.25, 0.3) is 0 Å². The van der Waals surface area contributed by atoms with E-state index in [-0.39, 0.29) is 5.60 Å². The predicted molar refractivity (Wildman–Crippen MR) is 83.2 cm³/mol. The Labute approximate surface area is 124 Å². The van der Waals surface area contributed by atoms with Gasteiger partial charge >= 0.3 is 0 Å². The molecule has 104 valence electrons. The molecular weight excluding hydrogens is 270 g/mol. The van der Waals surface area contributed by atoms with Crippen LogP contribution in [0, 0.1) is 0 Å². The summed E-state index contributed by atoms with van der Waals surface area (Å²) in [4.78, 5) is 0. The molecule has 0 radical (unpaired) electrons. The summed E-state index contributed by atoms with van der Waals surface area (Å²) in [7, 11) is 0. The Kier molecular flexibility index (Phi) is 3.23. The number of benzene rings is 2. The van der Waals surface area contributed by atoms with Gasteiger partial charge in [-0.05, 0) is 60.4 Å². The molecule has 2 aromatic rings. The lowest BCUT2D eigenvalue weighted by atomic mass is 9.95. The number of fused-ring (bicyclic) bond motifs is 1. The molecule has 1 aliphatic heterocycles. The number of hydrogen-bond donors (Lipinski definition) is 1. The van der Waals surface area contributed by atoms with Crippen LogP contribution in [-0.2, 0) is 13.0 Å². The average Bonchev–Trinajstić information content (AvgIpc) is 2.71. The van der Waals surface area contributed by atoms with Crippen LogP contribution in [0.25, 0.3) is 11.1 Å². The molecule has 3 heteroatoms. The van der Waals surface area contributed by atoms with Crippen molar-refractivity contribution in [3.8, 4) is 16.9 Å². The summed E-state index contributed by atoms with van der Waals surface area (Å²) >= 11 is 6.04. The Hall–Kier alpha value is -1.51. The molecule has 1 heterocycles. The fourth-order valence-electron chi connectivity index (χ4n) is 2.79. The van der Waals surface area contributed by atoms with Gasteiger partial charge in [0.15, 0.2) is 0 Å². The summed E-state index contributed by atoms with van der Waals surface area (Å²) in [6, 6.07) is 12.2. The molecule has 0 saturated carbocycles. The smallest absolute Gasteiger partial charge is 0.123 e. The van der Waals surface area contributed by atoms with Gasteiger partial charge in [-0.25, -0.2) is 0 Å². The highest BCUT2D eigenvalue weighted by Gasteiger charge is 2.30. The number of halogens is 1. The van der Waals surface area contributed by atoms with Crippen molar-refractivity contribution in [3.05, 3.63) is 52.5 Å². The normalized spacial score (nSPS) is 15.8. The van der Waals surface area contributed by atoms with Crippen LogP contribution in [0.5, 0.6) is 5.75 Å². The van der Waals surface area contributed by atoms with Crippen molar-refractivity contribution in [3.63, 3.8) is 0 Å². The molecular formula is C17H18ClNO. The van der Waals surface area contributed by atoms with Crippen LogP contribution in [-0.4, -0.2) is 5.60 Å². The van der Waals surface area contributed by atoms with Crippen molar-refractivity contribution >= 4 is 11.6 Å². The Bertz CT molecular complexity index is 664. The third kappa shape index (κ3) is 2.41. The molecule has 2 N–H and O–H groups in total. The summed E-state index contributed by atoms with van der Waals surface area (Å²) in [5.41, 5.74) is 10.3. The highest BCUT2D eigenvalue weighted by atomic mass is 35.5. The van der Waals surface area contributed by atoms with Crippen LogP contribution < -0.4 is 10.5 Å². The van der Waals surface area contributed by atoms with Gasteiger partial charge in [0.05, 0.1) is 0 Å². The van der Waals surface area contributed by atoms with Crippen LogP contribution in [0.2, 0.25) is 5.02 Å². The van der Waals surface area contributed by atoms with E-state index in [1.165, 1.54) is 11.1 Å². The van der Waals surface area contributed by atoms with Crippen LogP contribution in [0.1, 0.15) is 25.0 Å². The summed E-state index contributed by atoms with van der Waals surface area (Å²) in [5.74, 6) is 0.988. The standard InChI is InChI=1S/C17H18ClNO/c1-17(2)9-12-7-11(3-6-16(12)20-17)15-5-4-14(18)8-13(15)10-19/h3-8H,9-10,19H2,1-2H3. The van der Waals surface area contributed by atoms with Gasteiger partial charge in [-0.1, -0.05) is 23.7 Å². The maximum absolute atomic E-state index is 6.04. The lowest BCUT2D eigenvalue weighted by Crippen LogP contribution is -2.24. The molecule has 2 aromatic carbocycles. The molecule has 0 atom stereocenters. The van der Waals surface area contributed by atoms with E-state index in [1.807, 2.05) is 24.3 Å². The number of rotatable bonds is 2. The lowest BCUT2D eigenvalue weighted by Gasteiger charge is -2.16. The SMILES string of the molecule is CC1(C)Cc2cc(-c3ccc(Cl)cc3CN)ccc2O1. The fraction of sp³-hybridized carbons (Fsp3) is 0.294. The maximum Gasteiger partial charge on any atom is 0.123 e. The first-order valence-corrected chi connectivity index (χ1v) is 7.17. The van der Waals surface area contributed by atoms with E-state index in [0.29, 0.717) is 6.54 Å². The highest BCUT2D eigenvalue weighted by Crippen LogP contribution is 2.38. The van der Waals surface area contributed by atoms with E-state index in [2.05, 4.69) is 26.0 Å². The van der Waals surface area contributed by atoms with Crippen molar-refractivity contribution in [2.45, 2.75) is 32.4 Å². The minimum Gasteiger partial charge on any atom is -0.487 e. The second kappa shape index (κ2) is 4.80. The van der Waals surface area contributed by atoms with E-state index in [4.69, 9.17) is 22.1 Å². The second-order valence-corrected chi connectivity index (χ2v) is 6.30. The first-order chi connectivity index (χ1) is 9.48. The number of hydrogen-bond acceptors (Lipinski definition) is 2. The third-order valence-corrected chi connectivity index (χ3v) is 3.90. The predicted octanol–water partition coefficient (Wildman–Crippen LogP) is 4.18. The van der Waals surface area contributed by atoms with E-state index < -0.39 is 0 Å². The lowest BCUT2D eigenvalue weighted by molar-refractivity contribution is 0.138. The van der Waals surface area contributed by atoms with Crippen LogP contribution >= 0.6 is 11.6 Å². The van der Waals surface area contributed by atoms with Gasteiger partial charge in [0.1, 0.15) is 11.4 Å². The van der Waals surface area contributed by atoms with E-state index in [1.54, 1.807) is 0 Å². The molecule has 0 fully saturated rings. The van der Waals surface area contributed by atoms with Crippen LogP contribution in [0.3, 0.4) is 0 Å². The summed E-state index contributed by atoms with van der Waals surface area (Å²) in [5, 5.41) is 0.722. The Balaban J connectivity index is 2.05. The van der Waals surface area contributed by atoms with Gasteiger partial charge < -0.3 is 10.5 Å². The molecule has 0 aliphatic carbocycles. The van der Waals surface area contributed by atoms with Gasteiger partial charge in [-0.15, -0.1) is 0 Å². The zero-order valence-electron chi connectivity index (χ0n) is 11.7. The zero-order valence-corrected chi connectivity index (χ0v) is 12.5. The minimum absolute atomic E-state index is 0.113. The van der Waals surface area contributed by atoms with E-state index in [0.717, 1.165) is 28.3 Å². The molecule has 0 saturated heterocycles. The van der Waals surface area contributed by atoms with Crippen LogP contribution in [0.4, 0.5) is 0 Å². The molecule has 0 amide bonds. The second-order valence-electron chi connectivity index (χ2n) is 5.87. The van der Waals surface area contributed by atoms with Gasteiger partial charge in [-0.3, -0.25) is 0 Å². The van der Waals surface area contributed by atoms with Crippen molar-refractivity contribution < 1.29 is 4.74 Å². The topological polar surface area (TPSA) is 35.2 Å². The summed E-state index contributed by atoms with van der Waals surface area (Å²) < 4.78 is 5.92. The first kappa shape index (κ1) is 13.5. The highest BCUT2D eigenvalue weighted by molar-refractivity contribution is 6.30. The molecule has 3 rings (SSSR count). The van der Waals surface area contributed by atoms with Crippen LogP contribution in [0.15, 0.2) is 36.4 Å². The van der Waals surface area contributed by atoms with Gasteiger partial charge in [0, 0.05) is 18.0 Å². The van der Waals surface area contributed by atoms with E-state index in [9.17, 15) is 0 Å². The quantitative estimate of drug-likeness (QED) is 0.899. The average molecular weight is 288 g/mol. The van der Waals surface area contributed by atoms with Gasteiger partial charge in [-0.2, -0.15) is 0 Å². The molecule has 0 aromatic heterocycles. The van der Waals surface area contributed by atoms with Crippen molar-refractivity contribution in [2.24, 2.45) is 5.73 Å². The minimum atomic E-state index is -0.113. The van der Waals surface area contributed by atoms with Crippen molar-refractivity contribution in [2.75, 3.05) is 0 Å².